The fraction of sp³-hybridized carbons (Fsp3) is 0.143. The maximum absolute atomic E-state index is 12.7. The molecule has 0 saturated carbocycles. The van der Waals surface area contributed by atoms with E-state index in [1.165, 1.54) is 12.1 Å². The molecule has 2 nitrogen and oxygen atoms in total. The maximum atomic E-state index is 12.7. The molecule has 1 atom stereocenters. The van der Waals surface area contributed by atoms with Crippen LogP contribution in [-0.4, -0.2) is 8.76 Å². The van der Waals surface area contributed by atoms with Crippen LogP contribution in [0.2, 0.25) is 5.02 Å². The average molecular weight is 209 g/mol. The van der Waals surface area contributed by atoms with Gasteiger partial charge in [0.25, 0.3) is 0 Å². The fourth-order valence-corrected chi connectivity index (χ4v) is 1.35. The summed E-state index contributed by atoms with van der Waals surface area (Å²) in [7, 11) is 0. The molecule has 0 aromatic heterocycles. The Kier molecular flexibility index (Phi) is 3.20. The van der Waals surface area contributed by atoms with Crippen LogP contribution in [0.5, 0.6) is 0 Å². The smallest absolute Gasteiger partial charge is 0.157 e. The second-order valence-corrected chi connectivity index (χ2v) is 3.55. The summed E-state index contributed by atoms with van der Waals surface area (Å²) in [5.74, 6) is -0.645. The van der Waals surface area contributed by atoms with Crippen molar-refractivity contribution in [2.24, 2.45) is 0 Å². The lowest BCUT2D eigenvalue weighted by molar-refractivity contribution is 0.563. The quantitative estimate of drug-likeness (QED) is 0.757. The zero-order valence-electron chi connectivity index (χ0n) is 5.96. The van der Waals surface area contributed by atoms with Crippen molar-refractivity contribution >= 4 is 22.7 Å². The standard InChI is InChI=1S/C7H6ClFO2S/c8-6-2-1-5(3-7(6)9)4-12(10)11/h1-3H,4H2,(H,10,11). The Balaban J connectivity index is 2.89. The number of hydrogen-bond donors (Lipinski definition) is 1. The minimum Gasteiger partial charge on any atom is -0.306 e. The van der Waals surface area contributed by atoms with Crippen molar-refractivity contribution in [2.75, 3.05) is 0 Å². The van der Waals surface area contributed by atoms with E-state index >= 15 is 0 Å². The van der Waals surface area contributed by atoms with Gasteiger partial charge in [0.15, 0.2) is 11.1 Å². The highest BCUT2D eigenvalue weighted by Gasteiger charge is 2.02. The molecule has 1 rings (SSSR count). The minimum atomic E-state index is -1.94. The van der Waals surface area contributed by atoms with Gasteiger partial charge in [0, 0.05) is 0 Å². The van der Waals surface area contributed by atoms with Crippen LogP contribution in [0.1, 0.15) is 5.56 Å². The molecule has 12 heavy (non-hydrogen) atoms. The summed E-state index contributed by atoms with van der Waals surface area (Å²) < 4.78 is 31.5. The molecule has 0 fully saturated rings. The number of hydrogen-bond acceptors (Lipinski definition) is 1. The summed E-state index contributed by atoms with van der Waals surface area (Å²) >= 11 is 3.46. The summed E-state index contributed by atoms with van der Waals surface area (Å²) in [6.45, 7) is 0. The zero-order chi connectivity index (χ0) is 9.14. The molecule has 0 saturated heterocycles. The molecule has 1 N–H and O–H groups in total. The molecule has 66 valence electrons. The van der Waals surface area contributed by atoms with E-state index in [1.807, 2.05) is 0 Å². The minimum absolute atomic E-state index is 0.0162. The van der Waals surface area contributed by atoms with Gasteiger partial charge in [-0.1, -0.05) is 17.7 Å². The predicted octanol–water partition coefficient (Wildman–Crippen LogP) is 2.20. The first-order valence-electron chi connectivity index (χ1n) is 3.11. The molecule has 0 radical (unpaired) electrons. The van der Waals surface area contributed by atoms with E-state index in [1.54, 1.807) is 0 Å². The molecule has 1 aromatic carbocycles. The molecule has 1 unspecified atom stereocenters. The van der Waals surface area contributed by atoms with Crippen LogP contribution in [-0.2, 0) is 16.8 Å². The van der Waals surface area contributed by atoms with E-state index in [0.29, 0.717) is 5.56 Å². The summed E-state index contributed by atoms with van der Waals surface area (Å²) in [4.78, 5) is 0. The first-order chi connectivity index (χ1) is 5.59. The Morgan fingerprint density at radius 1 is 1.58 bits per heavy atom. The van der Waals surface area contributed by atoms with E-state index in [9.17, 15) is 8.60 Å². The van der Waals surface area contributed by atoms with Crippen LogP contribution in [0.15, 0.2) is 18.2 Å². The van der Waals surface area contributed by atoms with Crippen LogP contribution in [0, 0.1) is 5.82 Å². The van der Waals surface area contributed by atoms with Gasteiger partial charge in [-0.3, -0.25) is 0 Å². The molecule has 1 aromatic rings. The van der Waals surface area contributed by atoms with Crippen LogP contribution in [0.3, 0.4) is 0 Å². The van der Waals surface area contributed by atoms with Gasteiger partial charge in [-0.05, 0) is 17.7 Å². The van der Waals surface area contributed by atoms with E-state index in [0.717, 1.165) is 6.07 Å². The summed E-state index contributed by atoms with van der Waals surface area (Å²) in [6, 6.07) is 4.02. The highest BCUT2D eigenvalue weighted by molar-refractivity contribution is 7.78. The third kappa shape index (κ3) is 2.55. The lowest BCUT2D eigenvalue weighted by atomic mass is 10.2. The van der Waals surface area contributed by atoms with Crippen molar-refractivity contribution in [2.45, 2.75) is 5.75 Å². The maximum Gasteiger partial charge on any atom is 0.157 e. The fourth-order valence-electron chi connectivity index (χ4n) is 0.772. The Morgan fingerprint density at radius 2 is 2.25 bits per heavy atom. The molecule has 0 aliphatic rings. The van der Waals surface area contributed by atoms with Crippen LogP contribution < -0.4 is 0 Å². The van der Waals surface area contributed by atoms with Crippen molar-refractivity contribution in [1.29, 1.82) is 0 Å². The van der Waals surface area contributed by atoms with Gasteiger partial charge >= 0.3 is 0 Å². The Labute approximate surface area is 76.6 Å². The number of rotatable bonds is 2. The van der Waals surface area contributed by atoms with Crippen LogP contribution in [0.4, 0.5) is 4.39 Å². The van der Waals surface area contributed by atoms with Crippen LogP contribution >= 0.6 is 11.6 Å². The van der Waals surface area contributed by atoms with Crippen molar-refractivity contribution < 1.29 is 13.2 Å². The van der Waals surface area contributed by atoms with Crippen molar-refractivity contribution in [3.63, 3.8) is 0 Å². The molecule has 5 heteroatoms. The van der Waals surface area contributed by atoms with E-state index in [2.05, 4.69) is 0 Å². The van der Waals surface area contributed by atoms with E-state index in [4.69, 9.17) is 16.2 Å². The van der Waals surface area contributed by atoms with Gasteiger partial charge in [0.2, 0.25) is 0 Å². The second kappa shape index (κ2) is 3.98. The summed E-state index contributed by atoms with van der Waals surface area (Å²) in [5, 5.41) is 0.0162. The van der Waals surface area contributed by atoms with Gasteiger partial charge in [-0.2, -0.15) is 0 Å². The van der Waals surface area contributed by atoms with Gasteiger partial charge in [-0.15, -0.1) is 0 Å². The summed E-state index contributed by atoms with van der Waals surface area (Å²) in [6.07, 6.45) is 0. The molecule has 0 aliphatic heterocycles. The molecule has 0 heterocycles. The third-order valence-electron chi connectivity index (χ3n) is 1.27. The molecular formula is C7H6ClFO2S. The Hall–Kier alpha value is -0.450. The number of halogens is 2. The summed E-state index contributed by atoms with van der Waals surface area (Å²) in [5.41, 5.74) is 0.456. The molecule has 0 bridgehead atoms. The van der Waals surface area contributed by atoms with Crippen LogP contribution in [0.25, 0.3) is 0 Å². The van der Waals surface area contributed by atoms with Gasteiger partial charge < -0.3 is 4.55 Å². The van der Waals surface area contributed by atoms with E-state index < -0.39 is 16.9 Å². The lowest BCUT2D eigenvalue weighted by Crippen LogP contribution is -1.93. The average Bonchev–Trinajstić information content (AvgIpc) is 1.96. The first-order valence-corrected chi connectivity index (χ1v) is 4.76. The van der Waals surface area contributed by atoms with Gasteiger partial charge in [0.1, 0.15) is 5.82 Å². The lowest BCUT2D eigenvalue weighted by Gasteiger charge is -1.98. The highest BCUT2D eigenvalue weighted by Crippen LogP contribution is 2.16. The van der Waals surface area contributed by atoms with Crippen molar-refractivity contribution in [3.8, 4) is 0 Å². The SMILES string of the molecule is O=S(O)Cc1ccc(Cl)c(F)c1. The Bertz CT molecular complexity index is 316. The monoisotopic (exact) mass is 208 g/mol. The Morgan fingerprint density at radius 3 is 2.75 bits per heavy atom. The molecule has 0 aliphatic carbocycles. The molecule has 0 amide bonds. The third-order valence-corrected chi connectivity index (χ3v) is 2.16. The number of benzene rings is 1. The first kappa shape index (κ1) is 9.64. The largest absolute Gasteiger partial charge is 0.306 e. The topological polar surface area (TPSA) is 37.3 Å². The molecule has 0 spiro atoms. The normalized spacial score (nSPS) is 12.9. The predicted molar refractivity (Wildman–Crippen MR) is 45.9 cm³/mol. The van der Waals surface area contributed by atoms with Crippen molar-refractivity contribution in [1.82, 2.24) is 0 Å². The van der Waals surface area contributed by atoms with Crippen molar-refractivity contribution in [3.05, 3.63) is 34.6 Å². The van der Waals surface area contributed by atoms with E-state index in [-0.39, 0.29) is 10.8 Å². The van der Waals surface area contributed by atoms with Gasteiger partial charge in [-0.25, -0.2) is 8.60 Å². The van der Waals surface area contributed by atoms with Gasteiger partial charge in [0.05, 0.1) is 10.8 Å². The zero-order valence-corrected chi connectivity index (χ0v) is 7.53. The highest BCUT2D eigenvalue weighted by atomic mass is 35.5. The second-order valence-electron chi connectivity index (χ2n) is 2.21. The molecular weight excluding hydrogens is 203 g/mol.